The van der Waals surface area contributed by atoms with Crippen LogP contribution in [0.25, 0.3) is 0 Å². The highest BCUT2D eigenvalue weighted by atomic mass is 16.7. The van der Waals surface area contributed by atoms with Crippen LogP contribution in [0.4, 0.5) is 0 Å². The fourth-order valence-corrected chi connectivity index (χ4v) is 9.17. The van der Waals surface area contributed by atoms with Gasteiger partial charge >= 0.3 is 23.9 Å². The highest BCUT2D eigenvalue weighted by Crippen LogP contribution is 2.26. The van der Waals surface area contributed by atoms with E-state index < -0.39 is 67.3 Å². The Morgan fingerprint density at radius 3 is 1.22 bits per heavy atom. The molecular weight excluding hydrogens is 973 g/mol. The minimum Gasteiger partial charge on any atom is -0.479 e. The van der Waals surface area contributed by atoms with Crippen LogP contribution in [-0.4, -0.2) is 89.2 Å². The molecule has 0 aliphatic carbocycles. The van der Waals surface area contributed by atoms with Gasteiger partial charge in [0.2, 0.25) is 0 Å². The lowest BCUT2D eigenvalue weighted by molar-refractivity contribution is -0.301. The van der Waals surface area contributed by atoms with Gasteiger partial charge in [-0.05, 0) is 103 Å². The first-order valence-electron chi connectivity index (χ1n) is 31.3. The van der Waals surface area contributed by atoms with Crippen LogP contribution in [0, 0.1) is 0 Å². The SMILES string of the molecule is CCCC/C=C\CCCCCCCC(=O)OC(COC(=O)CCCCCCCCCCC/C=C\C/C=C\CCCCC)COC1OC(C(=O)O)C(O)C(O)C1OC(=O)CCCCCCCCC/C=C\C/C=C\CCCCC. The molecule has 0 spiro atoms. The maximum absolute atomic E-state index is 13.1. The average molecular weight is 1090 g/mol. The van der Waals surface area contributed by atoms with Gasteiger partial charge < -0.3 is 39.0 Å². The first-order valence-corrected chi connectivity index (χ1v) is 31.3. The van der Waals surface area contributed by atoms with Crippen LogP contribution >= 0.6 is 0 Å². The lowest BCUT2D eigenvalue weighted by atomic mass is 9.98. The van der Waals surface area contributed by atoms with Gasteiger partial charge in [-0.1, -0.05) is 216 Å². The molecule has 6 atom stereocenters. The third-order valence-electron chi connectivity index (χ3n) is 14.0. The summed E-state index contributed by atoms with van der Waals surface area (Å²) in [6.07, 6.45) is 53.3. The molecule has 0 aromatic heterocycles. The number of carboxylic acids is 1. The number of carboxylic acid groups (broad SMARTS) is 1. The molecule has 0 amide bonds. The summed E-state index contributed by atoms with van der Waals surface area (Å²) in [7, 11) is 0. The first-order chi connectivity index (χ1) is 37.6. The van der Waals surface area contributed by atoms with Crippen molar-refractivity contribution in [2.45, 2.75) is 314 Å². The summed E-state index contributed by atoms with van der Waals surface area (Å²) >= 11 is 0. The molecule has 1 rings (SSSR count). The van der Waals surface area contributed by atoms with Crippen LogP contribution < -0.4 is 0 Å². The van der Waals surface area contributed by atoms with Crippen LogP contribution in [0.15, 0.2) is 60.8 Å². The molecule has 6 unspecified atom stereocenters. The highest BCUT2D eigenvalue weighted by molar-refractivity contribution is 5.74. The Morgan fingerprint density at radius 2 is 0.792 bits per heavy atom. The molecule has 77 heavy (non-hydrogen) atoms. The van der Waals surface area contributed by atoms with E-state index in [1.807, 2.05) is 0 Å². The second-order valence-electron chi connectivity index (χ2n) is 21.3. The largest absolute Gasteiger partial charge is 0.479 e. The Kier molecular flexibility index (Phi) is 49.2. The second-order valence-corrected chi connectivity index (χ2v) is 21.3. The Morgan fingerprint density at radius 1 is 0.429 bits per heavy atom. The van der Waals surface area contributed by atoms with Gasteiger partial charge in [0.15, 0.2) is 24.6 Å². The molecule has 3 N–H and O–H groups in total. The summed E-state index contributed by atoms with van der Waals surface area (Å²) in [5.41, 5.74) is 0. The molecule has 444 valence electrons. The van der Waals surface area contributed by atoms with Gasteiger partial charge in [-0.3, -0.25) is 14.4 Å². The lowest BCUT2D eigenvalue weighted by Crippen LogP contribution is -2.61. The number of aliphatic carboxylic acids is 1. The fraction of sp³-hybridized carbons (Fsp3) is 0.785. The second kappa shape index (κ2) is 53.1. The number of allylic oxidation sites excluding steroid dienone is 10. The zero-order valence-corrected chi connectivity index (χ0v) is 49.0. The summed E-state index contributed by atoms with van der Waals surface area (Å²) in [4.78, 5) is 51.2. The summed E-state index contributed by atoms with van der Waals surface area (Å²) in [5, 5.41) is 31.5. The number of aliphatic hydroxyl groups excluding tert-OH is 2. The number of hydrogen-bond acceptors (Lipinski definition) is 11. The van der Waals surface area contributed by atoms with Crippen LogP contribution in [0.5, 0.6) is 0 Å². The third-order valence-corrected chi connectivity index (χ3v) is 14.0. The van der Waals surface area contributed by atoms with Crippen molar-refractivity contribution in [3.05, 3.63) is 60.8 Å². The van der Waals surface area contributed by atoms with Crippen molar-refractivity contribution < 1.29 is 58.2 Å². The zero-order chi connectivity index (χ0) is 56.1. The number of hydrogen-bond donors (Lipinski definition) is 3. The van der Waals surface area contributed by atoms with Crippen LogP contribution in [-0.2, 0) is 42.9 Å². The normalized spacial score (nSPS) is 18.4. The predicted octanol–water partition coefficient (Wildman–Crippen LogP) is 16.3. The van der Waals surface area contributed by atoms with Gasteiger partial charge in [0.05, 0.1) is 6.61 Å². The molecule has 1 fully saturated rings. The minimum absolute atomic E-state index is 0.0504. The molecule has 1 saturated heterocycles. The third kappa shape index (κ3) is 43.0. The smallest absolute Gasteiger partial charge is 0.335 e. The Bertz CT molecular complexity index is 1570. The number of unbranched alkanes of at least 4 members (excludes halogenated alkanes) is 29. The quantitative estimate of drug-likeness (QED) is 0.0228. The van der Waals surface area contributed by atoms with E-state index >= 15 is 0 Å². The van der Waals surface area contributed by atoms with E-state index in [0.717, 1.165) is 128 Å². The van der Waals surface area contributed by atoms with E-state index in [1.165, 1.54) is 89.9 Å². The van der Waals surface area contributed by atoms with E-state index in [2.05, 4.69) is 81.5 Å². The number of carbonyl (C=O) groups excluding carboxylic acids is 3. The Balaban J connectivity index is 2.64. The van der Waals surface area contributed by atoms with Crippen LogP contribution in [0.3, 0.4) is 0 Å². The Hall–Kier alpha value is -3.58. The van der Waals surface area contributed by atoms with Crippen molar-refractivity contribution in [1.29, 1.82) is 0 Å². The van der Waals surface area contributed by atoms with Gasteiger partial charge in [0, 0.05) is 19.3 Å². The van der Waals surface area contributed by atoms with Crippen molar-refractivity contribution in [3.63, 3.8) is 0 Å². The van der Waals surface area contributed by atoms with Crippen molar-refractivity contribution in [2.75, 3.05) is 13.2 Å². The van der Waals surface area contributed by atoms with E-state index in [0.29, 0.717) is 19.3 Å². The van der Waals surface area contributed by atoms with E-state index in [1.54, 1.807) is 0 Å². The van der Waals surface area contributed by atoms with Gasteiger partial charge in [-0.2, -0.15) is 0 Å². The van der Waals surface area contributed by atoms with E-state index in [9.17, 15) is 34.5 Å². The van der Waals surface area contributed by atoms with Crippen molar-refractivity contribution >= 4 is 23.9 Å². The van der Waals surface area contributed by atoms with Crippen molar-refractivity contribution in [2.24, 2.45) is 0 Å². The Labute approximate surface area is 468 Å². The van der Waals surface area contributed by atoms with Gasteiger partial charge in [-0.25, -0.2) is 4.79 Å². The molecule has 0 saturated carbocycles. The van der Waals surface area contributed by atoms with Crippen LogP contribution in [0.1, 0.15) is 278 Å². The van der Waals surface area contributed by atoms with Crippen molar-refractivity contribution in [1.82, 2.24) is 0 Å². The molecule has 0 radical (unpaired) electrons. The maximum atomic E-state index is 13.1. The fourth-order valence-electron chi connectivity index (χ4n) is 9.17. The number of aliphatic hydroxyl groups is 2. The number of ether oxygens (including phenoxy) is 5. The average Bonchev–Trinajstić information content (AvgIpc) is 3.42. The monoisotopic (exact) mass is 1080 g/mol. The maximum Gasteiger partial charge on any atom is 0.335 e. The molecule has 12 nitrogen and oxygen atoms in total. The summed E-state index contributed by atoms with van der Waals surface area (Å²) < 4.78 is 28.5. The molecule has 0 aromatic rings. The minimum atomic E-state index is -1.91. The summed E-state index contributed by atoms with van der Waals surface area (Å²) in [6, 6.07) is 0. The molecule has 1 aliphatic rings. The highest BCUT2D eigenvalue weighted by Gasteiger charge is 2.50. The molecule has 0 aromatic carbocycles. The van der Waals surface area contributed by atoms with Crippen LogP contribution in [0.2, 0.25) is 0 Å². The van der Waals surface area contributed by atoms with E-state index in [-0.39, 0.29) is 25.9 Å². The summed E-state index contributed by atoms with van der Waals surface area (Å²) in [5.74, 6) is -3.13. The lowest BCUT2D eigenvalue weighted by Gasteiger charge is -2.40. The van der Waals surface area contributed by atoms with Crippen molar-refractivity contribution in [3.8, 4) is 0 Å². The van der Waals surface area contributed by atoms with Gasteiger partial charge in [0.1, 0.15) is 18.8 Å². The number of rotatable bonds is 53. The summed E-state index contributed by atoms with van der Waals surface area (Å²) in [6.45, 7) is 5.91. The molecular formula is C65H112O12. The topological polar surface area (TPSA) is 175 Å². The molecule has 12 heteroatoms. The zero-order valence-electron chi connectivity index (χ0n) is 49.0. The van der Waals surface area contributed by atoms with E-state index in [4.69, 9.17) is 23.7 Å². The molecule has 0 bridgehead atoms. The predicted molar refractivity (Wildman–Crippen MR) is 312 cm³/mol. The number of esters is 3. The number of carbonyl (C=O) groups is 4. The molecule has 1 aliphatic heterocycles. The molecule has 1 heterocycles. The van der Waals surface area contributed by atoms with Gasteiger partial charge in [0.25, 0.3) is 0 Å². The first kappa shape index (κ1) is 71.4. The standard InChI is InChI=1S/C65H112O12/c1-4-7-10-13-16-19-22-24-26-28-29-31-32-34-37-39-42-45-48-51-57(66)73-54-56(75-58(67)52-49-46-43-40-36-21-18-15-12-9-6-3)55-74-65-63(61(70)60(69)62(77-65)64(71)72)76-59(68)53-50-47-44-41-38-35-33-30-27-25-23-20-17-14-11-8-5-2/h15-20,24-27,56,60-63,65,69-70H,4-14,21-23,28-55H2,1-3H3,(H,71,72)/b18-15-,19-16-,20-17-,26-24-,27-25-. The van der Waals surface area contributed by atoms with Gasteiger partial charge in [-0.15, -0.1) is 0 Å².